The van der Waals surface area contributed by atoms with Crippen molar-refractivity contribution in [3.63, 3.8) is 0 Å². The van der Waals surface area contributed by atoms with Crippen molar-refractivity contribution in [2.75, 3.05) is 19.6 Å². The van der Waals surface area contributed by atoms with E-state index in [1.54, 1.807) is 12.3 Å². The van der Waals surface area contributed by atoms with Crippen molar-refractivity contribution in [1.29, 1.82) is 0 Å². The van der Waals surface area contributed by atoms with Crippen molar-refractivity contribution in [2.24, 2.45) is 0 Å². The van der Waals surface area contributed by atoms with E-state index in [0.717, 1.165) is 25.2 Å². The number of likely N-dealkylation sites (tertiary alicyclic amines) is 1. The molecule has 23 heavy (non-hydrogen) atoms. The van der Waals surface area contributed by atoms with Crippen LogP contribution in [0.15, 0.2) is 22.9 Å². The van der Waals surface area contributed by atoms with Crippen LogP contribution in [0, 0.1) is 5.82 Å². The second-order valence-electron chi connectivity index (χ2n) is 5.92. The summed E-state index contributed by atoms with van der Waals surface area (Å²) in [6.45, 7) is 3.16. The zero-order valence-corrected chi connectivity index (χ0v) is 12.8. The monoisotopic (exact) mass is 315 g/mol. The van der Waals surface area contributed by atoms with Crippen molar-refractivity contribution in [1.82, 2.24) is 25.2 Å². The Balaban J connectivity index is 1.55. The Bertz CT molecular complexity index is 806. The molecule has 2 aromatic heterocycles. The van der Waals surface area contributed by atoms with E-state index in [1.807, 2.05) is 0 Å². The summed E-state index contributed by atoms with van der Waals surface area (Å²) in [5.41, 5.74) is 1.09. The van der Waals surface area contributed by atoms with Crippen LogP contribution in [0.25, 0.3) is 22.3 Å². The number of aromatic amines is 1. The third-order valence-electron chi connectivity index (χ3n) is 4.36. The first-order chi connectivity index (χ1) is 11.3. The maximum Gasteiger partial charge on any atom is 0.228 e. The van der Waals surface area contributed by atoms with Crippen LogP contribution in [-0.4, -0.2) is 44.9 Å². The average Bonchev–Trinajstić information content (AvgIpc) is 3.23. The van der Waals surface area contributed by atoms with Gasteiger partial charge in [-0.05, 0) is 38.1 Å². The lowest BCUT2D eigenvalue weighted by Gasteiger charge is -2.25. The Labute approximate surface area is 132 Å². The molecule has 6 nitrogen and oxygen atoms in total. The highest BCUT2D eigenvalue weighted by Gasteiger charge is 2.18. The van der Waals surface area contributed by atoms with Gasteiger partial charge in [0.15, 0.2) is 0 Å². The molecule has 0 saturated carbocycles. The second kappa shape index (κ2) is 6.08. The van der Waals surface area contributed by atoms with E-state index in [4.69, 9.17) is 4.52 Å². The molecular formula is C16H18FN5O. The van der Waals surface area contributed by atoms with Crippen LogP contribution in [0.5, 0.6) is 0 Å². The topological polar surface area (TPSA) is 70.8 Å². The fraction of sp³-hybridized carbons (Fsp3) is 0.438. The highest BCUT2D eigenvalue weighted by atomic mass is 19.1. The minimum atomic E-state index is -0.373. The fourth-order valence-electron chi connectivity index (χ4n) is 3.11. The number of halogens is 1. The maximum absolute atomic E-state index is 14.2. The quantitative estimate of drug-likeness (QED) is 0.801. The predicted octanol–water partition coefficient (Wildman–Crippen LogP) is 2.78. The summed E-state index contributed by atoms with van der Waals surface area (Å²) in [5, 5.41) is 11.4. The molecule has 3 heterocycles. The molecule has 7 heteroatoms. The Morgan fingerprint density at radius 3 is 2.96 bits per heavy atom. The Morgan fingerprint density at radius 1 is 1.22 bits per heavy atom. The van der Waals surface area contributed by atoms with Gasteiger partial charge in [-0.15, -0.1) is 0 Å². The number of H-pyrrole nitrogens is 1. The first kappa shape index (κ1) is 14.3. The summed E-state index contributed by atoms with van der Waals surface area (Å²) in [6, 6.07) is 3.04. The molecule has 120 valence electrons. The van der Waals surface area contributed by atoms with E-state index >= 15 is 0 Å². The van der Waals surface area contributed by atoms with Crippen LogP contribution >= 0.6 is 0 Å². The van der Waals surface area contributed by atoms with Crippen LogP contribution in [-0.2, 0) is 6.42 Å². The predicted molar refractivity (Wildman–Crippen MR) is 83.3 cm³/mol. The molecule has 1 saturated heterocycles. The summed E-state index contributed by atoms with van der Waals surface area (Å²) >= 11 is 0. The van der Waals surface area contributed by atoms with Gasteiger partial charge in [0, 0.05) is 18.4 Å². The van der Waals surface area contributed by atoms with Gasteiger partial charge in [0.1, 0.15) is 5.82 Å². The Hall–Kier alpha value is -2.28. The average molecular weight is 315 g/mol. The van der Waals surface area contributed by atoms with Gasteiger partial charge < -0.3 is 9.42 Å². The molecule has 0 aliphatic carbocycles. The first-order valence-electron chi connectivity index (χ1n) is 7.98. The molecule has 4 rings (SSSR count). The molecule has 1 N–H and O–H groups in total. The smallest absolute Gasteiger partial charge is 0.228 e. The number of hydrogen-bond donors (Lipinski definition) is 1. The first-order valence-corrected chi connectivity index (χ1v) is 7.98. The number of nitrogens with one attached hydrogen (secondary N) is 1. The number of rotatable bonds is 4. The van der Waals surface area contributed by atoms with Gasteiger partial charge in [0.25, 0.3) is 0 Å². The molecule has 1 fully saturated rings. The maximum atomic E-state index is 14.2. The molecule has 0 unspecified atom stereocenters. The SMILES string of the molecule is Fc1ccc2[nH]ncc2c1-c1noc(CCN2CCCCC2)n1. The molecule has 0 atom stereocenters. The molecule has 1 aliphatic heterocycles. The van der Waals surface area contributed by atoms with Crippen molar-refractivity contribution in [3.05, 3.63) is 30.0 Å². The standard InChI is InChI=1S/C16H18FN5O/c17-12-4-5-13-11(10-18-20-13)15(12)16-19-14(23-21-16)6-9-22-7-2-1-3-8-22/h4-5,10H,1-3,6-9H2,(H,18,20). The minimum absolute atomic E-state index is 0.281. The number of piperidine rings is 1. The van der Waals surface area contributed by atoms with E-state index in [-0.39, 0.29) is 11.6 Å². The summed E-state index contributed by atoms with van der Waals surface area (Å²) in [6.07, 6.45) is 6.09. The summed E-state index contributed by atoms with van der Waals surface area (Å²) in [7, 11) is 0. The third kappa shape index (κ3) is 2.84. The number of hydrogen-bond acceptors (Lipinski definition) is 5. The van der Waals surface area contributed by atoms with Crippen molar-refractivity contribution in [2.45, 2.75) is 25.7 Å². The van der Waals surface area contributed by atoms with E-state index in [2.05, 4.69) is 25.2 Å². The minimum Gasteiger partial charge on any atom is -0.339 e. The summed E-state index contributed by atoms with van der Waals surface area (Å²) < 4.78 is 19.5. The number of aromatic nitrogens is 4. The lowest BCUT2D eigenvalue weighted by atomic mass is 10.1. The highest BCUT2D eigenvalue weighted by Crippen LogP contribution is 2.28. The van der Waals surface area contributed by atoms with Gasteiger partial charge >= 0.3 is 0 Å². The number of nitrogens with zero attached hydrogens (tertiary/aromatic N) is 4. The zero-order valence-electron chi connectivity index (χ0n) is 12.8. The molecule has 3 aromatic rings. The molecular weight excluding hydrogens is 297 g/mol. The van der Waals surface area contributed by atoms with Gasteiger partial charge in [-0.1, -0.05) is 11.6 Å². The van der Waals surface area contributed by atoms with Crippen molar-refractivity contribution in [3.8, 4) is 11.4 Å². The lowest BCUT2D eigenvalue weighted by Crippen LogP contribution is -2.31. The molecule has 1 aliphatic rings. The highest BCUT2D eigenvalue weighted by molar-refractivity contribution is 5.92. The summed E-state index contributed by atoms with van der Waals surface area (Å²) in [4.78, 5) is 6.78. The van der Waals surface area contributed by atoms with E-state index in [1.165, 1.54) is 25.3 Å². The van der Waals surface area contributed by atoms with Crippen molar-refractivity contribution >= 4 is 10.9 Å². The largest absolute Gasteiger partial charge is 0.339 e. The fourth-order valence-corrected chi connectivity index (χ4v) is 3.11. The van der Waals surface area contributed by atoms with E-state index < -0.39 is 0 Å². The van der Waals surface area contributed by atoms with Crippen LogP contribution in [0.2, 0.25) is 0 Å². The molecule has 0 bridgehead atoms. The van der Waals surface area contributed by atoms with Crippen LogP contribution in [0.1, 0.15) is 25.2 Å². The summed E-state index contributed by atoms with van der Waals surface area (Å²) in [5.74, 6) is 0.455. The zero-order chi connectivity index (χ0) is 15.6. The van der Waals surface area contributed by atoms with Gasteiger partial charge in [-0.25, -0.2) is 4.39 Å². The molecule has 1 aromatic carbocycles. The van der Waals surface area contributed by atoms with E-state index in [0.29, 0.717) is 23.3 Å². The lowest BCUT2D eigenvalue weighted by molar-refractivity contribution is 0.223. The second-order valence-corrected chi connectivity index (χ2v) is 5.92. The normalized spacial score (nSPS) is 16.2. The van der Waals surface area contributed by atoms with Crippen molar-refractivity contribution < 1.29 is 8.91 Å². The molecule has 0 radical (unpaired) electrons. The van der Waals surface area contributed by atoms with Gasteiger partial charge in [0.05, 0.1) is 17.3 Å². The van der Waals surface area contributed by atoms with Crippen LogP contribution < -0.4 is 0 Å². The number of benzene rings is 1. The molecule has 0 amide bonds. The van der Waals surface area contributed by atoms with E-state index in [9.17, 15) is 4.39 Å². The Morgan fingerprint density at radius 2 is 2.09 bits per heavy atom. The van der Waals surface area contributed by atoms with Gasteiger partial charge in [-0.2, -0.15) is 10.1 Å². The van der Waals surface area contributed by atoms with Crippen LogP contribution in [0.4, 0.5) is 4.39 Å². The van der Waals surface area contributed by atoms with Gasteiger partial charge in [-0.3, -0.25) is 5.10 Å². The van der Waals surface area contributed by atoms with Crippen LogP contribution in [0.3, 0.4) is 0 Å². The Kier molecular flexibility index (Phi) is 3.78. The number of fused-ring (bicyclic) bond motifs is 1. The third-order valence-corrected chi connectivity index (χ3v) is 4.36. The van der Waals surface area contributed by atoms with Gasteiger partial charge in [0.2, 0.25) is 11.7 Å². The molecule has 0 spiro atoms.